The summed E-state index contributed by atoms with van der Waals surface area (Å²) in [5.41, 5.74) is 1.72. The Balaban J connectivity index is 1.33. The molecule has 1 fully saturated rings. The summed E-state index contributed by atoms with van der Waals surface area (Å²) in [6, 6.07) is 19.0. The summed E-state index contributed by atoms with van der Waals surface area (Å²) in [5.74, 6) is 0.00880. The molecule has 2 heterocycles. The molecule has 1 aromatic heterocycles. The number of amides is 2. The van der Waals surface area contributed by atoms with Crippen molar-refractivity contribution in [1.82, 2.24) is 20.1 Å². The predicted molar refractivity (Wildman–Crippen MR) is 117 cm³/mol. The van der Waals surface area contributed by atoms with Gasteiger partial charge in [-0.3, -0.25) is 14.5 Å². The Morgan fingerprint density at radius 2 is 1.63 bits per heavy atom. The second-order valence-corrected chi connectivity index (χ2v) is 8.14. The predicted octanol–water partition coefficient (Wildman–Crippen LogP) is 2.81. The van der Waals surface area contributed by atoms with Crippen LogP contribution in [0.3, 0.4) is 0 Å². The second kappa shape index (κ2) is 9.65. The highest BCUT2D eigenvalue weighted by Gasteiger charge is 2.25. The van der Waals surface area contributed by atoms with Crippen molar-refractivity contribution in [2.24, 2.45) is 0 Å². The summed E-state index contributed by atoms with van der Waals surface area (Å²) in [6.45, 7) is 2.91. The van der Waals surface area contributed by atoms with Crippen LogP contribution in [0, 0.1) is 0 Å². The largest absolute Gasteiger partial charge is 0.342 e. The maximum atomic E-state index is 12.8. The third-order valence-corrected chi connectivity index (χ3v) is 6.02. The van der Waals surface area contributed by atoms with E-state index in [2.05, 4.69) is 15.2 Å². The van der Waals surface area contributed by atoms with Crippen LogP contribution in [0.25, 0.3) is 0 Å². The molecule has 1 atom stereocenters. The van der Waals surface area contributed by atoms with Gasteiger partial charge in [0.05, 0.1) is 6.54 Å². The van der Waals surface area contributed by atoms with Crippen molar-refractivity contribution in [2.45, 2.75) is 6.04 Å². The zero-order chi connectivity index (χ0) is 20.8. The number of piperazine rings is 1. The summed E-state index contributed by atoms with van der Waals surface area (Å²) in [7, 11) is 0. The van der Waals surface area contributed by atoms with Crippen LogP contribution in [0.5, 0.6) is 0 Å². The van der Waals surface area contributed by atoms with Gasteiger partial charge in [0.1, 0.15) is 11.0 Å². The quantitative estimate of drug-likeness (QED) is 0.666. The topological polar surface area (TPSA) is 65.5 Å². The lowest BCUT2D eigenvalue weighted by Crippen LogP contribution is -2.51. The van der Waals surface area contributed by atoms with Crippen molar-refractivity contribution in [3.05, 3.63) is 88.4 Å². The average Bonchev–Trinajstić information content (AvgIpc) is 3.33. The first-order valence-corrected chi connectivity index (χ1v) is 10.9. The highest BCUT2D eigenvalue weighted by Crippen LogP contribution is 2.23. The van der Waals surface area contributed by atoms with Gasteiger partial charge in [-0.2, -0.15) is 0 Å². The monoisotopic (exact) mass is 420 g/mol. The molecule has 0 saturated carbocycles. The van der Waals surface area contributed by atoms with Crippen LogP contribution < -0.4 is 5.32 Å². The van der Waals surface area contributed by atoms with Gasteiger partial charge in [0, 0.05) is 43.3 Å². The van der Waals surface area contributed by atoms with Crippen LogP contribution in [0.4, 0.5) is 0 Å². The van der Waals surface area contributed by atoms with Crippen LogP contribution in [0.15, 0.2) is 72.2 Å². The van der Waals surface area contributed by atoms with Gasteiger partial charge in [-0.05, 0) is 17.7 Å². The molecule has 6 nitrogen and oxygen atoms in total. The van der Waals surface area contributed by atoms with Crippen LogP contribution in [-0.4, -0.2) is 59.3 Å². The van der Waals surface area contributed by atoms with Crippen molar-refractivity contribution in [3.63, 3.8) is 0 Å². The third kappa shape index (κ3) is 4.93. The van der Waals surface area contributed by atoms with E-state index in [4.69, 9.17) is 0 Å². The summed E-state index contributed by atoms with van der Waals surface area (Å²) >= 11 is 1.53. The minimum atomic E-state index is -0.250. The van der Waals surface area contributed by atoms with Gasteiger partial charge in [-0.25, -0.2) is 4.98 Å². The molecule has 1 unspecified atom stereocenters. The SMILES string of the molecule is O=C(CN1CCN(C(=O)c2ccccc2)CC1)NC(c1ccccc1)c1nccs1. The smallest absolute Gasteiger partial charge is 0.253 e. The van der Waals surface area contributed by atoms with E-state index in [0.717, 1.165) is 10.6 Å². The fraction of sp³-hybridized carbons (Fsp3) is 0.261. The van der Waals surface area contributed by atoms with Gasteiger partial charge < -0.3 is 10.2 Å². The fourth-order valence-corrected chi connectivity index (χ4v) is 4.31. The van der Waals surface area contributed by atoms with Gasteiger partial charge >= 0.3 is 0 Å². The molecule has 2 aromatic carbocycles. The lowest BCUT2D eigenvalue weighted by molar-refractivity contribution is -0.123. The van der Waals surface area contributed by atoms with Crippen LogP contribution in [-0.2, 0) is 4.79 Å². The second-order valence-electron chi connectivity index (χ2n) is 7.22. The molecule has 1 saturated heterocycles. The number of nitrogens with zero attached hydrogens (tertiary/aromatic N) is 3. The van der Waals surface area contributed by atoms with Gasteiger partial charge in [0.2, 0.25) is 5.91 Å². The number of carbonyl (C=O) groups excluding carboxylic acids is 2. The molecule has 30 heavy (non-hydrogen) atoms. The molecule has 2 amide bonds. The Kier molecular flexibility index (Phi) is 6.51. The molecule has 0 aliphatic carbocycles. The average molecular weight is 421 g/mol. The van der Waals surface area contributed by atoms with Gasteiger partial charge in [-0.15, -0.1) is 11.3 Å². The first kappa shape index (κ1) is 20.3. The molecule has 7 heteroatoms. The maximum absolute atomic E-state index is 12.8. The summed E-state index contributed by atoms with van der Waals surface area (Å²) in [4.78, 5) is 33.7. The lowest BCUT2D eigenvalue weighted by atomic mass is 10.1. The highest BCUT2D eigenvalue weighted by molar-refractivity contribution is 7.09. The zero-order valence-electron chi connectivity index (χ0n) is 16.6. The van der Waals surface area contributed by atoms with Gasteiger partial charge in [-0.1, -0.05) is 48.5 Å². The van der Waals surface area contributed by atoms with Crippen molar-refractivity contribution >= 4 is 23.2 Å². The Morgan fingerprint density at radius 1 is 0.967 bits per heavy atom. The number of nitrogens with one attached hydrogen (secondary N) is 1. The molecule has 1 aliphatic rings. The number of carbonyl (C=O) groups is 2. The zero-order valence-corrected chi connectivity index (χ0v) is 17.4. The molecule has 4 rings (SSSR count). The summed E-state index contributed by atoms with van der Waals surface area (Å²) in [6.07, 6.45) is 1.76. The minimum absolute atomic E-state index is 0.0399. The molecular weight excluding hydrogens is 396 g/mol. The number of benzene rings is 2. The molecule has 0 bridgehead atoms. The Hall–Kier alpha value is -3.03. The van der Waals surface area contributed by atoms with Crippen molar-refractivity contribution in [2.75, 3.05) is 32.7 Å². The van der Waals surface area contributed by atoms with Crippen LogP contribution in [0.2, 0.25) is 0 Å². The Morgan fingerprint density at radius 3 is 2.27 bits per heavy atom. The van der Waals surface area contributed by atoms with E-state index in [1.165, 1.54) is 11.3 Å². The Bertz CT molecular complexity index is 955. The van der Waals surface area contributed by atoms with E-state index in [0.29, 0.717) is 38.3 Å². The lowest BCUT2D eigenvalue weighted by Gasteiger charge is -2.34. The van der Waals surface area contributed by atoms with E-state index < -0.39 is 0 Å². The van der Waals surface area contributed by atoms with E-state index in [-0.39, 0.29) is 17.9 Å². The fourth-order valence-electron chi connectivity index (χ4n) is 3.59. The number of aromatic nitrogens is 1. The molecule has 1 aliphatic heterocycles. The number of rotatable bonds is 6. The summed E-state index contributed by atoms with van der Waals surface area (Å²) < 4.78 is 0. The Labute approximate surface area is 180 Å². The standard InChI is InChI=1S/C23H24N4O2S/c28-20(25-21(22-24-11-16-30-22)18-7-3-1-4-8-18)17-26-12-14-27(15-13-26)23(29)19-9-5-2-6-10-19/h1-11,16,21H,12-15,17H2,(H,25,28). The van der Waals surface area contributed by atoms with E-state index in [9.17, 15) is 9.59 Å². The van der Waals surface area contributed by atoms with E-state index >= 15 is 0 Å². The molecule has 3 aromatic rings. The van der Waals surface area contributed by atoms with Crippen molar-refractivity contribution in [3.8, 4) is 0 Å². The van der Waals surface area contributed by atoms with Crippen molar-refractivity contribution < 1.29 is 9.59 Å². The van der Waals surface area contributed by atoms with Gasteiger partial charge in [0.15, 0.2) is 0 Å². The number of hydrogen-bond acceptors (Lipinski definition) is 5. The highest BCUT2D eigenvalue weighted by atomic mass is 32.1. The molecular formula is C23H24N4O2S. The third-order valence-electron chi connectivity index (χ3n) is 5.18. The van der Waals surface area contributed by atoms with E-state index in [1.807, 2.05) is 70.9 Å². The number of thiazole rings is 1. The molecule has 0 radical (unpaired) electrons. The molecule has 154 valence electrons. The molecule has 0 spiro atoms. The maximum Gasteiger partial charge on any atom is 0.253 e. The minimum Gasteiger partial charge on any atom is -0.342 e. The van der Waals surface area contributed by atoms with Crippen LogP contribution in [0.1, 0.15) is 27.0 Å². The van der Waals surface area contributed by atoms with Gasteiger partial charge in [0.25, 0.3) is 5.91 Å². The normalized spacial score (nSPS) is 15.5. The van der Waals surface area contributed by atoms with E-state index in [1.54, 1.807) is 6.20 Å². The number of hydrogen-bond donors (Lipinski definition) is 1. The molecule has 1 N–H and O–H groups in total. The first-order chi connectivity index (χ1) is 14.7. The first-order valence-electron chi connectivity index (χ1n) is 10.0. The summed E-state index contributed by atoms with van der Waals surface area (Å²) in [5, 5.41) is 5.92. The van der Waals surface area contributed by atoms with Crippen molar-refractivity contribution in [1.29, 1.82) is 0 Å². The van der Waals surface area contributed by atoms with Crippen LogP contribution >= 0.6 is 11.3 Å².